The van der Waals surface area contributed by atoms with Gasteiger partial charge in [-0.3, -0.25) is 29.0 Å². The monoisotopic (exact) mass is 568 g/mol. The minimum Gasteiger partial charge on any atom is -0.508 e. The Hall–Kier alpha value is -3.36. The molecule has 2 aromatic carbocycles. The first-order chi connectivity index (χ1) is 18.5. The van der Waals surface area contributed by atoms with E-state index in [1.807, 2.05) is 6.08 Å². The van der Waals surface area contributed by atoms with E-state index in [-0.39, 0.29) is 36.3 Å². The molecule has 0 radical (unpaired) electrons. The summed E-state index contributed by atoms with van der Waals surface area (Å²) in [5.41, 5.74) is 2.17. The number of alkyl halides is 2. The van der Waals surface area contributed by atoms with Crippen LogP contribution < -0.4 is 0 Å². The van der Waals surface area contributed by atoms with Gasteiger partial charge in [-0.15, -0.1) is 23.2 Å². The molecule has 6 atom stereocenters. The van der Waals surface area contributed by atoms with Gasteiger partial charge in [0.1, 0.15) is 11.5 Å². The van der Waals surface area contributed by atoms with Crippen LogP contribution in [0.3, 0.4) is 0 Å². The molecule has 10 heteroatoms. The lowest BCUT2D eigenvalue weighted by atomic mass is 9.56. The molecule has 2 N–H and O–H groups in total. The molecule has 39 heavy (non-hydrogen) atoms. The van der Waals surface area contributed by atoms with Crippen LogP contribution in [0.15, 0.2) is 60.2 Å². The zero-order valence-corrected chi connectivity index (χ0v) is 22.5. The van der Waals surface area contributed by atoms with Crippen molar-refractivity contribution < 1.29 is 29.4 Å². The van der Waals surface area contributed by atoms with Crippen molar-refractivity contribution in [2.45, 2.75) is 34.9 Å². The largest absolute Gasteiger partial charge is 0.508 e. The molecule has 0 aromatic heterocycles. The highest BCUT2D eigenvalue weighted by molar-refractivity contribution is 6.53. The van der Waals surface area contributed by atoms with Crippen LogP contribution in [0, 0.1) is 17.8 Å². The Morgan fingerprint density at radius 1 is 0.872 bits per heavy atom. The van der Waals surface area contributed by atoms with Crippen LogP contribution in [0.5, 0.6) is 11.5 Å². The zero-order valence-electron chi connectivity index (χ0n) is 21.0. The smallest absolute Gasteiger partial charge is 0.253 e. The maximum Gasteiger partial charge on any atom is 0.253 e. The SMILES string of the molecule is CN1C(=O)C2(Cl)CC3C(=CCC4C(=O)N(CCc5ccc(O)cc5)C(=O)C43)C(c3ccc(O)cc3)C2(Cl)C1=O. The first-order valence-corrected chi connectivity index (χ1v) is 13.6. The number of fused-ring (bicyclic) bond motifs is 4. The summed E-state index contributed by atoms with van der Waals surface area (Å²) in [6, 6.07) is 12.8. The Bertz CT molecular complexity index is 1440. The van der Waals surface area contributed by atoms with Gasteiger partial charge in [-0.1, -0.05) is 35.9 Å². The second-order valence-corrected chi connectivity index (χ2v) is 12.1. The molecule has 4 amide bonds. The van der Waals surface area contributed by atoms with Gasteiger partial charge < -0.3 is 10.2 Å². The fraction of sp³-hybridized carbons (Fsp3) is 0.379. The third-order valence-corrected chi connectivity index (χ3v) is 10.3. The van der Waals surface area contributed by atoms with Crippen LogP contribution in [-0.4, -0.2) is 67.0 Å². The number of amides is 4. The van der Waals surface area contributed by atoms with Gasteiger partial charge in [0.2, 0.25) is 11.8 Å². The van der Waals surface area contributed by atoms with E-state index in [0.29, 0.717) is 24.0 Å². The Morgan fingerprint density at radius 3 is 2.13 bits per heavy atom. The van der Waals surface area contributed by atoms with Gasteiger partial charge in [0.25, 0.3) is 11.8 Å². The Labute approximate surface area is 234 Å². The van der Waals surface area contributed by atoms with Crippen molar-refractivity contribution >= 4 is 46.8 Å². The zero-order chi connectivity index (χ0) is 27.9. The van der Waals surface area contributed by atoms with Gasteiger partial charge in [0.05, 0.1) is 11.8 Å². The Morgan fingerprint density at radius 2 is 1.49 bits per heavy atom. The van der Waals surface area contributed by atoms with Gasteiger partial charge in [-0.05, 0) is 60.6 Å². The van der Waals surface area contributed by atoms with E-state index >= 15 is 0 Å². The molecule has 2 heterocycles. The normalized spacial score (nSPS) is 33.7. The number of phenolic OH excluding ortho intramolecular Hbond substituents is 2. The van der Waals surface area contributed by atoms with E-state index in [1.54, 1.807) is 36.4 Å². The molecule has 2 aromatic rings. The minimum absolute atomic E-state index is 0.0244. The number of benzene rings is 2. The number of aromatic hydroxyl groups is 2. The third-order valence-electron chi connectivity index (χ3n) is 8.89. The first-order valence-electron chi connectivity index (χ1n) is 12.8. The summed E-state index contributed by atoms with van der Waals surface area (Å²) in [4.78, 5) is 52.8. The third kappa shape index (κ3) is 3.50. The molecular formula is C29H26Cl2N2O6. The van der Waals surface area contributed by atoms with E-state index in [9.17, 15) is 29.4 Å². The van der Waals surface area contributed by atoms with Crippen molar-refractivity contribution in [3.8, 4) is 11.5 Å². The number of likely N-dealkylation sites (tertiary alicyclic amines) is 2. The van der Waals surface area contributed by atoms with Gasteiger partial charge in [-0.25, -0.2) is 0 Å². The molecule has 6 unspecified atom stereocenters. The number of imide groups is 2. The summed E-state index contributed by atoms with van der Waals surface area (Å²) in [5.74, 6) is -4.43. The van der Waals surface area contributed by atoms with E-state index in [2.05, 4.69) is 0 Å². The van der Waals surface area contributed by atoms with E-state index in [1.165, 1.54) is 24.1 Å². The molecule has 2 aliphatic heterocycles. The van der Waals surface area contributed by atoms with Crippen LogP contribution in [0.25, 0.3) is 0 Å². The highest BCUT2D eigenvalue weighted by atomic mass is 35.5. The molecule has 2 saturated heterocycles. The molecule has 1 saturated carbocycles. The molecule has 8 nitrogen and oxygen atoms in total. The van der Waals surface area contributed by atoms with Crippen molar-refractivity contribution in [3.63, 3.8) is 0 Å². The number of carbonyl (C=O) groups excluding carboxylic acids is 4. The van der Waals surface area contributed by atoms with E-state index in [0.717, 1.165) is 10.5 Å². The molecule has 4 aliphatic rings. The average molecular weight is 569 g/mol. The Balaban J connectivity index is 1.39. The molecule has 2 aliphatic carbocycles. The van der Waals surface area contributed by atoms with Crippen molar-refractivity contribution in [1.29, 1.82) is 0 Å². The standard InChI is InChI=1S/C29H26Cl2N2O6/c1-32-26(38)28(30)14-21-19(23(29(28,31)27(32)39)16-4-8-18(35)9-5-16)10-11-20-22(21)25(37)33(24(20)36)13-12-15-2-6-17(34)7-3-15/h2-10,20-23,34-35H,11-14H2,1H3. The van der Waals surface area contributed by atoms with Gasteiger partial charge >= 0.3 is 0 Å². The molecule has 0 spiro atoms. The molecule has 3 fully saturated rings. The van der Waals surface area contributed by atoms with Gasteiger partial charge in [0, 0.05) is 19.5 Å². The minimum atomic E-state index is -1.84. The van der Waals surface area contributed by atoms with Gasteiger partial charge in [0.15, 0.2) is 9.75 Å². The number of rotatable bonds is 4. The van der Waals surface area contributed by atoms with Crippen molar-refractivity contribution in [2.75, 3.05) is 13.6 Å². The second kappa shape index (κ2) is 8.83. The summed E-state index contributed by atoms with van der Waals surface area (Å²) in [7, 11) is 1.35. The molecular weight excluding hydrogens is 543 g/mol. The summed E-state index contributed by atoms with van der Waals surface area (Å²) < 4.78 is 0. The summed E-state index contributed by atoms with van der Waals surface area (Å²) in [6.07, 6.45) is 2.56. The number of allylic oxidation sites excluding steroid dienone is 2. The predicted octanol–water partition coefficient (Wildman–Crippen LogP) is 3.33. The Kier molecular flexibility index (Phi) is 5.86. The van der Waals surface area contributed by atoms with Crippen molar-refractivity contribution in [2.24, 2.45) is 17.8 Å². The van der Waals surface area contributed by atoms with Crippen LogP contribution >= 0.6 is 23.2 Å². The summed E-state index contributed by atoms with van der Waals surface area (Å²) in [6.45, 7) is 0.185. The number of nitrogens with zero attached hydrogens (tertiary/aromatic N) is 2. The fourth-order valence-corrected chi connectivity index (χ4v) is 7.99. The predicted molar refractivity (Wildman–Crippen MR) is 142 cm³/mol. The van der Waals surface area contributed by atoms with Crippen molar-refractivity contribution in [3.05, 3.63) is 71.3 Å². The second-order valence-electron chi connectivity index (χ2n) is 10.8. The fourth-order valence-electron chi connectivity index (χ4n) is 6.97. The first kappa shape index (κ1) is 25.9. The number of halogens is 2. The van der Waals surface area contributed by atoms with Crippen LogP contribution in [0.1, 0.15) is 29.9 Å². The average Bonchev–Trinajstić information content (AvgIpc) is 3.23. The molecule has 6 rings (SSSR count). The maximum atomic E-state index is 13.8. The molecule has 0 bridgehead atoms. The molecule has 202 valence electrons. The maximum absolute atomic E-state index is 13.8. The number of carbonyl (C=O) groups is 4. The summed E-state index contributed by atoms with van der Waals surface area (Å²) in [5, 5.41) is 19.4. The number of hydrogen-bond acceptors (Lipinski definition) is 6. The van der Waals surface area contributed by atoms with Crippen LogP contribution in [0.2, 0.25) is 0 Å². The lowest BCUT2D eigenvalue weighted by molar-refractivity contribution is -0.141. The van der Waals surface area contributed by atoms with Gasteiger partial charge in [-0.2, -0.15) is 0 Å². The number of phenols is 2. The topological polar surface area (TPSA) is 115 Å². The van der Waals surface area contributed by atoms with E-state index in [4.69, 9.17) is 23.2 Å². The highest BCUT2D eigenvalue weighted by Gasteiger charge is 2.75. The van der Waals surface area contributed by atoms with Crippen molar-refractivity contribution in [1.82, 2.24) is 9.80 Å². The van der Waals surface area contributed by atoms with Crippen LogP contribution in [-0.2, 0) is 25.6 Å². The van der Waals surface area contributed by atoms with Crippen LogP contribution in [0.4, 0.5) is 0 Å². The highest BCUT2D eigenvalue weighted by Crippen LogP contribution is 2.65. The lowest BCUT2D eigenvalue weighted by Gasteiger charge is -2.50. The quantitative estimate of drug-likeness (QED) is 0.332. The lowest BCUT2D eigenvalue weighted by Crippen LogP contribution is -2.60. The van der Waals surface area contributed by atoms with E-state index < -0.39 is 45.2 Å². The number of hydrogen-bond donors (Lipinski definition) is 2. The summed E-state index contributed by atoms with van der Waals surface area (Å²) >= 11 is 14.2.